The van der Waals surface area contributed by atoms with Crippen LogP contribution in [-0.4, -0.2) is 4.99 Å². The van der Waals surface area contributed by atoms with E-state index in [1.807, 2.05) is 12.1 Å². The van der Waals surface area contributed by atoms with Crippen LogP contribution >= 0.6 is 12.2 Å². The van der Waals surface area contributed by atoms with Gasteiger partial charge in [-0.05, 0) is 30.2 Å². The molecule has 0 bridgehead atoms. The molecule has 0 aliphatic carbocycles. The minimum Gasteiger partial charge on any atom is -0.389 e. The largest absolute Gasteiger partial charge is 0.389 e. The van der Waals surface area contributed by atoms with Gasteiger partial charge in [-0.25, -0.2) is 0 Å². The Hall–Kier alpha value is -0.890. The second-order valence-corrected chi connectivity index (χ2v) is 5.26. The fourth-order valence-electron chi connectivity index (χ4n) is 1.56. The summed E-state index contributed by atoms with van der Waals surface area (Å²) in [6.07, 6.45) is 2.38. The Kier molecular flexibility index (Phi) is 4.94. The Morgan fingerprint density at radius 3 is 2.19 bits per heavy atom. The zero-order valence-corrected chi connectivity index (χ0v) is 11.2. The molecule has 1 rings (SSSR count). The summed E-state index contributed by atoms with van der Waals surface area (Å²) in [5.74, 6) is 1.53. The molecule has 0 aromatic heterocycles. The van der Waals surface area contributed by atoms with E-state index in [1.54, 1.807) is 0 Å². The third-order valence-electron chi connectivity index (χ3n) is 3.26. The van der Waals surface area contributed by atoms with Crippen LogP contribution in [0.4, 0.5) is 0 Å². The molecule has 2 N–H and O–H groups in total. The van der Waals surface area contributed by atoms with Crippen molar-refractivity contribution in [3.05, 3.63) is 35.4 Å². The average molecular weight is 235 g/mol. The first-order valence-electron chi connectivity index (χ1n) is 5.89. The zero-order chi connectivity index (χ0) is 12.1. The van der Waals surface area contributed by atoms with Crippen LogP contribution < -0.4 is 5.73 Å². The number of aryl methyl sites for hydroxylation is 1. The SMILES string of the molecule is CC(C)C(C)CCc1ccc(C(N)=S)cc1. The summed E-state index contributed by atoms with van der Waals surface area (Å²) in [7, 11) is 0. The molecule has 16 heavy (non-hydrogen) atoms. The highest BCUT2D eigenvalue weighted by atomic mass is 32.1. The van der Waals surface area contributed by atoms with Gasteiger partial charge in [-0.15, -0.1) is 0 Å². The van der Waals surface area contributed by atoms with Gasteiger partial charge in [0.15, 0.2) is 0 Å². The highest BCUT2D eigenvalue weighted by Gasteiger charge is 2.07. The van der Waals surface area contributed by atoms with Gasteiger partial charge in [-0.3, -0.25) is 0 Å². The van der Waals surface area contributed by atoms with Gasteiger partial charge in [0.1, 0.15) is 4.99 Å². The molecular weight excluding hydrogens is 214 g/mol. The number of thiocarbonyl (C=S) groups is 1. The normalized spacial score (nSPS) is 12.8. The zero-order valence-electron chi connectivity index (χ0n) is 10.4. The van der Waals surface area contributed by atoms with E-state index in [0.29, 0.717) is 4.99 Å². The highest BCUT2D eigenvalue weighted by molar-refractivity contribution is 7.80. The monoisotopic (exact) mass is 235 g/mol. The topological polar surface area (TPSA) is 26.0 Å². The summed E-state index contributed by atoms with van der Waals surface area (Å²) in [4.78, 5) is 0.474. The molecule has 0 heterocycles. The molecule has 88 valence electrons. The lowest BCUT2D eigenvalue weighted by atomic mass is 9.91. The first-order valence-corrected chi connectivity index (χ1v) is 6.30. The predicted octanol–water partition coefficient (Wildman–Crippen LogP) is 3.55. The van der Waals surface area contributed by atoms with E-state index in [1.165, 1.54) is 12.0 Å². The maximum atomic E-state index is 5.56. The molecule has 1 unspecified atom stereocenters. The first kappa shape index (κ1) is 13.2. The highest BCUT2D eigenvalue weighted by Crippen LogP contribution is 2.17. The Labute approximate surface area is 104 Å². The predicted molar refractivity (Wildman–Crippen MR) is 74.7 cm³/mol. The third kappa shape index (κ3) is 3.93. The summed E-state index contributed by atoms with van der Waals surface area (Å²) in [6.45, 7) is 6.87. The summed E-state index contributed by atoms with van der Waals surface area (Å²) < 4.78 is 0. The van der Waals surface area contributed by atoms with Crippen LogP contribution in [0.2, 0.25) is 0 Å². The van der Waals surface area contributed by atoms with Crippen molar-refractivity contribution in [2.45, 2.75) is 33.6 Å². The molecule has 0 aliphatic rings. The standard InChI is InChI=1S/C14H21NS/c1-10(2)11(3)4-5-12-6-8-13(9-7-12)14(15)16/h6-11H,4-5H2,1-3H3,(H2,15,16). The second-order valence-electron chi connectivity index (χ2n) is 4.82. The first-order chi connectivity index (χ1) is 7.50. The Balaban J connectivity index is 2.53. The van der Waals surface area contributed by atoms with Gasteiger partial charge in [0.25, 0.3) is 0 Å². The van der Waals surface area contributed by atoms with Gasteiger partial charge in [0, 0.05) is 5.56 Å². The van der Waals surface area contributed by atoms with Crippen molar-refractivity contribution in [3.8, 4) is 0 Å². The quantitative estimate of drug-likeness (QED) is 0.790. The van der Waals surface area contributed by atoms with Crippen molar-refractivity contribution in [1.82, 2.24) is 0 Å². The van der Waals surface area contributed by atoms with Gasteiger partial charge in [-0.2, -0.15) is 0 Å². The van der Waals surface area contributed by atoms with Gasteiger partial charge in [-0.1, -0.05) is 57.3 Å². The maximum absolute atomic E-state index is 5.56. The smallest absolute Gasteiger partial charge is 0.103 e. The minimum atomic E-state index is 0.474. The Bertz CT molecular complexity index is 340. The summed E-state index contributed by atoms with van der Waals surface area (Å²) in [5, 5.41) is 0. The molecule has 0 saturated carbocycles. The van der Waals surface area contributed by atoms with Crippen molar-refractivity contribution in [3.63, 3.8) is 0 Å². The molecule has 2 heteroatoms. The van der Waals surface area contributed by atoms with Gasteiger partial charge >= 0.3 is 0 Å². The van der Waals surface area contributed by atoms with Crippen LogP contribution in [0.15, 0.2) is 24.3 Å². The number of nitrogens with two attached hydrogens (primary N) is 1. The molecule has 0 spiro atoms. The van der Waals surface area contributed by atoms with E-state index in [-0.39, 0.29) is 0 Å². The molecule has 0 aliphatic heterocycles. The second kappa shape index (κ2) is 6.00. The number of benzene rings is 1. The lowest BCUT2D eigenvalue weighted by Gasteiger charge is -2.15. The molecule has 1 atom stereocenters. The van der Waals surface area contributed by atoms with Crippen molar-refractivity contribution < 1.29 is 0 Å². The molecule has 1 aromatic rings. The lowest BCUT2D eigenvalue weighted by Crippen LogP contribution is -2.09. The van der Waals surface area contributed by atoms with Crippen LogP contribution in [0.3, 0.4) is 0 Å². The Morgan fingerprint density at radius 1 is 1.19 bits per heavy atom. The van der Waals surface area contributed by atoms with Crippen LogP contribution in [0.5, 0.6) is 0 Å². The van der Waals surface area contributed by atoms with Crippen molar-refractivity contribution in [1.29, 1.82) is 0 Å². The van der Waals surface area contributed by atoms with Crippen LogP contribution in [0.25, 0.3) is 0 Å². The van der Waals surface area contributed by atoms with Crippen LogP contribution in [0.1, 0.15) is 38.3 Å². The average Bonchev–Trinajstić information content (AvgIpc) is 2.26. The summed E-state index contributed by atoms with van der Waals surface area (Å²) >= 11 is 4.92. The van der Waals surface area contributed by atoms with E-state index in [9.17, 15) is 0 Å². The lowest BCUT2D eigenvalue weighted by molar-refractivity contribution is 0.393. The van der Waals surface area contributed by atoms with Crippen molar-refractivity contribution in [2.75, 3.05) is 0 Å². The summed E-state index contributed by atoms with van der Waals surface area (Å²) in [5.41, 5.74) is 7.88. The van der Waals surface area contributed by atoms with Gasteiger partial charge < -0.3 is 5.73 Å². The number of rotatable bonds is 5. The van der Waals surface area contributed by atoms with E-state index in [4.69, 9.17) is 18.0 Å². The van der Waals surface area contributed by atoms with Crippen LogP contribution in [0, 0.1) is 11.8 Å². The van der Waals surface area contributed by atoms with Gasteiger partial charge in [0.05, 0.1) is 0 Å². The number of hydrogen-bond donors (Lipinski definition) is 1. The van der Waals surface area contributed by atoms with Crippen LogP contribution in [-0.2, 0) is 6.42 Å². The molecule has 0 fully saturated rings. The van der Waals surface area contributed by atoms with E-state index in [0.717, 1.165) is 23.8 Å². The van der Waals surface area contributed by atoms with E-state index >= 15 is 0 Å². The van der Waals surface area contributed by atoms with E-state index < -0.39 is 0 Å². The molecule has 1 aromatic carbocycles. The van der Waals surface area contributed by atoms with Crippen molar-refractivity contribution in [2.24, 2.45) is 17.6 Å². The molecule has 0 saturated heterocycles. The summed E-state index contributed by atoms with van der Waals surface area (Å²) in [6, 6.07) is 8.28. The van der Waals surface area contributed by atoms with E-state index in [2.05, 4.69) is 32.9 Å². The van der Waals surface area contributed by atoms with Gasteiger partial charge in [0.2, 0.25) is 0 Å². The Morgan fingerprint density at radius 2 is 1.75 bits per heavy atom. The van der Waals surface area contributed by atoms with Crippen molar-refractivity contribution >= 4 is 17.2 Å². The fourth-order valence-corrected chi connectivity index (χ4v) is 1.70. The maximum Gasteiger partial charge on any atom is 0.103 e. The fraction of sp³-hybridized carbons (Fsp3) is 0.500. The molecule has 0 radical (unpaired) electrons. The molecule has 0 amide bonds. The minimum absolute atomic E-state index is 0.474. The molecular formula is C14H21NS. The third-order valence-corrected chi connectivity index (χ3v) is 3.50. The number of hydrogen-bond acceptors (Lipinski definition) is 1. The molecule has 1 nitrogen and oxygen atoms in total.